The maximum atomic E-state index is 13.3. The fraction of sp³-hybridized carbons (Fsp3) is 0.440. The van der Waals surface area contributed by atoms with E-state index in [1.807, 2.05) is 46.2 Å². The van der Waals surface area contributed by atoms with Gasteiger partial charge < -0.3 is 15.1 Å². The molecule has 2 heterocycles. The Labute approximate surface area is 179 Å². The smallest absolute Gasteiger partial charge is 0.255 e. The van der Waals surface area contributed by atoms with Gasteiger partial charge in [0.05, 0.1) is 11.3 Å². The van der Waals surface area contributed by atoms with E-state index in [0.29, 0.717) is 18.7 Å². The predicted octanol–water partition coefficient (Wildman–Crippen LogP) is 4.52. The highest BCUT2D eigenvalue weighted by atomic mass is 16.2. The van der Waals surface area contributed by atoms with Crippen molar-refractivity contribution in [2.45, 2.75) is 39.5 Å². The number of rotatable bonds is 4. The molecule has 2 amide bonds. The molecule has 0 aromatic heterocycles. The second-order valence-electron chi connectivity index (χ2n) is 8.52. The number of benzene rings is 2. The summed E-state index contributed by atoms with van der Waals surface area (Å²) in [5, 5.41) is 3.46. The van der Waals surface area contributed by atoms with Gasteiger partial charge in [0.1, 0.15) is 0 Å². The second-order valence-corrected chi connectivity index (χ2v) is 8.52. The summed E-state index contributed by atoms with van der Waals surface area (Å²) < 4.78 is 0. The first-order chi connectivity index (χ1) is 14.5. The van der Waals surface area contributed by atoms with Crippen molar-refractivity contribution in [1.82, 2.24) is 9.80 Å². The van der Waals surface area contributed by atoms with Crippen molar-refractivity contribution in [2.75, 3.05) is 31.5 Å². The van der Waals surface area contributed by atoms with Crippen LogP contribution in [0.2, 0.25) is 0 Å². The quantitative estimate of drug-likeness (QED) is 0.814. The number of likely N-dealkylation sites (tertiary alicyclic amines) is 2. The van der Waals surface area contributed by atoms with E-state index >= 15 is 0 Å². The molecule has 2 aliphatic heterocycles. The van der Waals surface area contributed by atoms with Crippen molar-refractivity contribution in [3.8, 4) is 0 Å². The fourth-order valence-electron chi connectivity index (χ4n) is 4.51. The van der Waals surface area contributed by atoms with Crippen molar-refractivity contribution >= 4 is 23.2 Å². The van der Waals surface area contributed by atoms with Crippen LogP contribution in [-0.2, 0) is 4.79 Å². The number of nitrogens with zero attached hydrogens (tertiary/aromatic N) is 2. The molecule has 5 heteroatoms. The van der Waals surface area contributed by atoms with E-state index in [-0.39, 0.29) is 17.7 Å². The highest BCUT2D eigenvalue weighted by molar-refractivity contribution is 6.00. The summed E-state index contributed by atoms with van der Waals surface area (Å²) in [5.41, 5.74) is 4.92. The molecule has 30 heavy (non-hydrogen) atoms. The minimum Gasteiger partial charge on any atom is -0.355 e. The van der Waals surface area contributed by atoms with Gasteiger partial charge in [-0.15, -0.1) is 0 Å². The Balaban J connectivity index is 1.44. The SMILES string of the molecule is Cc1cccc(Nc2ccccc2C(=O)N2CCC(C(=O)N3CCCC3)CC2)c1C. The third-order valence-corrected chi connectivity index (χ3v) is 6.58. The molecule has 2 aliphatic rings. The van der Waals surface area contributed by atoms with Crippen molar-refractivity contribution in [3.05, 3.63) is 59.2 Å². The van der Waals surface area contributed by atoms with Crippen LogP contribution in [0, 0.1) is 19.8 Å². The summed E-state index contributed by atoms with van der Waals surface area (Å²) in [7, 11) is 0. The number of amides is 2. The lowest BCUT2D eigenvalue weighted by atomic mass is 9.94. The number of hydrogen-bond donors (Lipinski definition) is 1. The van der Waals surface area contributed by atoms with E-state index in [0.717, 1.165) is 50.1 Å². The van der Waals surface area contributed by atoms with Crippen LogP contribution in [-0.4, -0.2) is 47.8 Å². The van der Waals surface area contributed by atoms with E-state index in [4.69, 9.17) is 0 Å². The largest absolute Gasteiger partial charge is 0.355 e. The Bertz CT molecular complexity index is 926. The number of piperidine rings is 1. The highest BCUT2D eigenvalue weighted by Gasteiger charge is 2.32. The molecule has 0 atom stereocenters. The average molecular weight is 406 g/mol. The summed E-state index contributed by atoms with van der Waals surface area (Å²) in [5.74, 6) is 0.391. The monoisotopic (exact) mass is 405 g/mol. The lowest BCUT2D eigenvalue weighted by Gasteiger charge is -2.33. The van der Waals surface area contributed by atoms with E-state index in [1.165, 1.54) is 11.1 Å². The van der Waals surface area contributed by atoms with E-state index in [1.54, 1.807) is 0 Å². The van der Waals surface area contributed by atoms with Gasteiger partial charge in [0.2, 0.25) is 5.91 Å². The minimum atomic E-state index is 0.0375. The molecular weight excluding hydrogens is 374 g/mol. The average Bonchev–Trinajstić information content (AvgIpc) is 3.31. The summed E-state index contributed by atoms with van der Waals surface area (Å²) in [6.07, 6.45) is 3.75. The molecular formula is C25H31N3O2. The number of para-hydroxylation sites is 1. The molecule has 0 unspecified atom stereocenters. The number of carbonyl (C=O) groups is 2. The number of nitrogens with one attached hydrogen (secondary N) is 1. The first-order valence-corrected chi connectivity index (χ1v) is 11.0. The van der Waals surface area contributed by atoms with Crippen molar-refractivity contribution in [3.63, 3.8) is 0 Å². The van der Waals surface area contributed by atoms with Gasteiger partial charge in [-0.1, -0.05) is 24.3 Å². The normalized spacial score (nSPS) is 17.3. The first-order valence-electron chi connectivity index (χ1n) is 11.0. The van der Waals surface area contributed by atoms with Gasteiger partial charge >= 0.3 is 0 Å². The maximum Gasteiger partial charge on any atom is 0.255 e. The van der Waals surface area contributed by atoms with Crippen LogP contribution in [0.15, 0.2) is 42.5 Å². The minimum absolute atomic E-state index is 0.0375. The molecule has 0 saturated carbocycles. The number of aryl methyl sites for hydroxylation is 1. The van der Waals surface area contributed by atoms with Gasteiger partial charge in [-0.3, -0.25) is 9.59 Å². The van der Waals surface area contributed by atoms with E-state index in [9.17, 15) is 9.59 Å². The molecule has 0 radical (unpaired) electrons. The zero-order valence-electron chi connectivity index (χ0n) is 18.0. The summed E-state index contributed by atoms with van der Waals surface area (Å²) >= 11 is 0. The lowest BCUT2D eigenvalue weighted by Crippen LogP contribution is -2.43. The Morgan fingerprint density at radius 2 is 1.50 bits per heavy atom. The molecule has 2 aromatic carbocycles. The van der Waals surface area contributed by atoms with Crippen molar-refractivity contribution in [1.29, 1.82) is 0 Å². The van der Waals surface area contributed by atoms with Crippen LogP contribution in [0.4, 0.5) is 11.4 Å². The molecule has 1 N–H and O–H groups in total. The highest BCUT2D eigenvalue weighted by Crippen LogP contribution is 2.28. The van der Waals surface area contributed by atoms with Crippen LogP contribution >= 0.6 is 0 Å². The summed E-state index contributed by atoms with van der Waals surface area (Å²) in [4.78, 5) is 29.9. The molecule has 5 nitrogen and oxygen atoms in total. The van der Waals surface area contributed by atoms with Gasteiger partial charge in [0, 0.05) is 37.8 Å². The van der Waals surface area contributed by atoms with Crippen LogP contribution in [0.5, 0.6) is 0 Å². The molecule has 2 aromatic rings. The number of anilines is 2. The van der Waals surface area contributed by atoms with Gasteiger partial charge in [-0.2, -0.15) is 0 Å². The van der Waals surface area contributed by atoms with Crippen molar-refractivity contribution < 1.29 is 9.59 Å². The molecule has 0 aliphatic carbocycles. The van der Waals surface area contributed by atoms with Crippen LogP contribution in [0.1, 0.15) is 47.2 Å². The van der Waals surface area contributed by atoms with Crippen molar-refractivity contribution in [2.24, 2.45) is 5.92 Å². The molecule has 0 spiro atoms. The van der Waals surface area contributed by atoms with Crippen LogP contribution < -0.4 is 5.32 Å². The third-order valence-electron chi connectivity index (χ3n) is 6.58. The molecule has 2 fully saturated rings. The summed E-state index contributed by atoms with van der Waals surface area (Å²) in [6, 6.07) is 13.9. The lowest BCUT2D eigenvalue weighted by molar-refractivity contribution is -0.135. The van der Waals surface area contributed by atoms with Gasteiger partial charge in [0.15, 0.2) is 0 Å². The third kappa shape index (κ3) is 4.20. The molecule has 0 bridgehead atoms. The topological polar surface area (TPSA) is 52.7 Å². The second kappa shape index (κ2) is 8.90. The van der Waals surface area contributed by atoms with Gasteiger partial charge in [0.25, 0.3) is 5.91 Å². The Morgan fingerprint density at radius 3 is 2.23 bits per heavy atom. The summed E-state index contributed by atoms with van der Waals surface area (Å²) in [6.45, 7) is 7.25. The Morgan fingerprint density at radius 1 is 0.833 bits per heavy atom. The predicted molar refractivity (Wildman–Crippen MR) is 120 cm³/mol. The van der Waals surface area contributed by atoms with Gasteiger partial charge in [-0.25, -0.2) is 0 Å². The Hall–Kier alpha value is -2.82. The van der Waals surface area contributed by atoms with Crippen LogP contribution in [0.3, 0.4) is 0 Å². The molecule has 158 valence electrons. The molecule has 4 rings (SSSR count). The zero-order chi connectivity index (χ0) is 21.1. The fourth-order valence-corrected chi connectivity index (χ4v) is 4.51. The first kappa shape index (κ1) is 20.5. The Kier molecular flexibility index (Phi) is 6.07. The van der Waals surface area contributed by atoms with Crippen LogP contribution in [0.25, 0.3) is 0 Å². The zero-order valence-corrected chi connectivity index (χ0v) is 18.0. The molecule has 2 saturated heterocycles. The maximum absolute atomic E-state index is 13.3. The van der Waals surface area contributed by atoms with Gasteiger partial charge in [-0.05, 0) is 68.9 Å². The van der Waals surface area contributed by atoms with E-state index in [2.05, 4.69) is 25.2 Å². The van der Waals surface area contributed by atoms with E-state index < -0.39 is 0 Å². The standard InChI is InChI=1S/C25H31N3O2/c1-18-8-7-11-22(19(18)2)26-23-10-4-3-9-21(23)25(30)28-16-12-20(13-17-28)24(29)27-14-5-6-15-27/h3-4,7-11,20,26H,5-6,12-17H2,1-2H3. The number of hydrogen-bond acceptors (Lipinski definition) is 3. The number of carbonyl (C=O) groups excluding carboxylic acids is 2.